The van der Waals surface area contributed by atoms with Gasteiger partial charge in [-0.25, -0.2) is 0 Å². The lowest BCUT2D eigenvalue weighted by Gasteiger charge is -2.34. The first-order valence-electron chi connectivity index (χ1n) is 7.96. The van der Waals surface area contributed by atoms with Crippen LogP contribution in [-0.2, 0) is 4.79 Å². The molecule has 0 N–H and O–H groups in total. The average Bonchev–Trinajstić information content (AvgIpc) is 2.97. The minimum absolute atomic E-state index is 0.0697. The third-order valence-corrected chi connectivity index (χ3v) is 5.02. The van der Waals surface area contributed by atoms with Crippen molar-refractivity contribution < 1.29 is 4.79 Å². The molecule has 1 aromatic carbocycles. The van der Waals surface area contributed by atoms with Crippen LogP contribution < -0.4 is 4.90 Å². The second-order valence-electron chi connectivity index (χ2n) is 6.17. The number of piperidine rings is 1. The fourth-order valence-corrected chi connectivity index (χ4v) is 3.80. The van der Waals surface area contributed by atoms with Crippen LogP contribution in [0.5, 0.6) is 0 Å². The van der Waals surface area contributed by atoms with Crippen LogP contribution in [0.2, 0.25) is 0 Å². The number of benzene rings is 1. The largest absolute Gasteiger partial charge is 0.312 e. The van der Waals surface area contributed by atoms with Crippen molar-refractivity contribution in [3.63, 3.8) is 0 Å². The third-order valence-electron chi connectivity index (χ3n) is 5.02. The second-order valence-corrected chi connectivity index (χ2v) is 6.17. The molecule has 0 aromatic heterocycles. The summed E-state index contributed by atoms with van der Waals surface area (Å²) in [5, 5.41) is 0. The van der Waals surface area contributed by atoms with Crippen LogP contribution in [0.1, 0.15) is 43.7 Å². The highest BCUT2D eigenvalue weighted by Gasteiger charge is 2.35. The van der Waals surface area contributed by atoms with E-state index in [-0.39, 0.29) is 5.91 Å². The minimum Gasteiger partial charge on any atom is -0.312 e. The van der Waals surface area contributed by atoms with Gasteiger partial charge in [0.15, 0.2) is 0 Å². The van der Waals surface area contributed by atoms with E-state index in [9.17, 15) is 4.79 Å². The SMILES string of the molecule is C=CC(=O)N(C)c1ccc(C2CCC3CCCCN32)cc1. The molecule has 2 unspecified atom stereocenters. The van der Waals surface area contributed by atoms with E-state index in [4.69, 9.17) is 0 Å². The van der Waals surface area contributed by atoms with Gasteiger partial charge in [0.2, 0.25) is 5.91 Å². The van der Waals surface area contributed by atoms with Crippen molar-refractivity contribution in [2.45, 2.75) is 44.2 Å². The molecule has 2 fully saturated rings. The Morgan fingerprint density at radius 1 is 1.24 bits per heavy atom. The quantitative estimate of drug-likeness (QED) is 0.793. The molecule has 0 spiro atoms. The molecule has 3 heteroatoms. The molecule has 3 rings (SSSR count). The molecule has 3 nitrogen and oxygen atoms in total. The smallest absolute Gasteiger partial charge is 0.250 e. The summed E-state index contributed by atoms with van der Waals surface area (Å²) in [5.74, 6) is -0.0697. The molecule has 2 aliphatic heterocycles. The number of carbonyl (C=O) groups excluding carboxylic acids is 1. The molecule has 0 bridgehead atoms. The van der Waals surface area contributed by atoms with Crippen LogP contribution in [0.3, 0.4) is 0 Å². The second kappa shape index (κ2) is 6.02. The van der Waals surface area contributed by atoms with E-state index in [0.29, 0.717) is 6.04 Å². The lowest BCUT2D eigenvalue weighted by atomic mass is 10.0. The van der Waals surface area contributed by atoms with Gasteiger partial charge in [0.05, 0.1) is 0 Å². The highest BCUT2D eigenvalue weighted by Crippen LogP contribution is 2.40. The molecule has 1 aromatic rings. The zero-order valence-electron chi connectivity index (χ0n) is 12.8. The number of hydrogen-bond donors (Lipinski definition) is 0. The van der Waals surface area contributed by atoms with Gasteiger partial charge in [0, 0.05) is 24.8 Å². The van der Waals surface area contributed by atoms with Gasteiger partial charge in [-0.2, -0.15) is 0 Å². The summed E-state index contributed by atoms with van der Waals surface area (Å²) in [6, 6.07) is 9.84. The summed E-state index contributed by atoms with van der Waals surface area (Å²) in [6.07, 6.45) is 8.05. The molecule has 0 aliphatic carbocycles. The molecular formula is C18H24N2O. The van der Waals surface area contributed by atoms with Crippen molar-refractivity contribution in [1.29, 1.82) is 0 Å². The summed E-state index contributed by atoms with van der Waals surface area (Å²) >= 11 is 0. The van der Waals surface area contributed by atoms with Gasteiger partial charge in [0.1, 0.15) is 0 Å². The minimum atomic E-state index is -0.0697. The number of hydrogen-bond acceptors (Lipinski definition) is 2. The molecule has 2 saturated heterocycles. The van der Waals surface area contributed by atoms with Crippen molar-refractivity contribution in [3.8, 4) is 0 Å². The van der Waals surface area contributed by atoms with Crippen molar-refractivity contribution in [2.75, 3.05) is 18.5 Å². The number of rotatable bonds is 3. The summed E-state index contributed by atoms with van der Waals surface area (Å²) in [5.41, 5.74) is 2.32. The Kier molecular flexibility index (Phi) is 4.11. The number of amides is 1. The first-order chi connectivity index (χ1) is 10.2. The third kappa shape index (κ3) is 2.75. The summed E-state index contributed by atoms with van der Waals surface area (Å²) in [7, 11) is 1.79. The highest BCUT2D eigenvalue weighted by atomic mass is 16.2. The molecule has 0 radical (unpaired) electrons. The van der Waals surface area contributed by atoms with E-state index in [0.717, 1.165) is 11.7 Å². The summed E-state index contributed by atoms with van der Waals surface area (Å²) in [6.45, 7) is 4.78. The Morgan fingerprint density at radius 3 is 2.71 bits per heavy atom. The Balaban J connectivity index is 1.75. The topological polar surface area (TPSA) is 23.6 Å². The van der Waals surface area contributed by atoms with Gasteiger partial charge in [0.25, 0.3) is 0 Å². The molecule has 0 saturated carbocycles. The highest BCUT2D eigenvalue weighted by molar-refractivity contribution is 6.00. The van der Waals surface area contributed by atoms with E-state index in [2.05, 4.69) is 23.6 Å². The number of likely N-dealkylation sites (N-methyl/N-ethyl adjacent to an activating group) is 1. The first kappa shape index (κ1) is 14.3. The predicted molar refractivity (Wildman–Crippen MR) is 86.4 cm³/mol. The normalized spacial score (nSPS) is 25.4. The van der Waals surface area contributed by atoms with Gasteiger partial charge in [-0.05, 0) is 56.0 Å². The predicted octanol–water partition coefficient (Wildman–Crippen LogP) is 3.52. The first-order valence-corrected chi connectivity index (χ1v) is 7.96. The number of nitrogens with zero attached hydrogens (tertiary/aromatic N) is 2. The molecule has 1 amide bonds. The molecular weight excluding hydrogens is 260 g/mol. The fourth-order valence-electron chi connectivity index (χ4n) is 3.80. The van der Waals surface area contributed by atoms with Crippen LogP contribution in [0.4, 0.5) is 5.69 Å². The Morgan fingerprint density at radius 2 is 2.00 bits per heavy atom. The molecule has 112 valence electrons. The van der Waals surface area contributed by atoms with Crippen LogP contribution in [0.25, 0.3) is 0 Å². The molecule has 2 atom stereocenters. The van der Waals surface area contributed by atoms with Gasteiger partial charge < -0.3 is 4.90 Å². The summed E-state index contributed by atoms with van der Waals surface area (Å²) < 4.78 is 0. The zero-order chi connectivity index (χ0) is 14.8. The van der Waals surface area contributed by atoms with Gasteiger partial charge in [-0.3, -0.25) is 9.69 Å². The average molecular weight is 284 g/mol. The maximum Gasteiger partial charge on any atom is 0.250 e. The molecule has 21 heavy (non-hydrogen) atoms. The Labute approximate surface area is 127 Å². The lowest BCUT2D eigenvalue weighted by molar-refractivity contribution is -0.113. The number of fused-ring (bicyclic) bond motifs is 1. The molecule has 2 heterocycles. The van der Waals surface area contributed by atoms with E-state index >= 15 is 0 Å². The van der Waals surface area contributed by atoms with Crippen molar-refractivity contribution >= 4 is 11.6 Å². The van der Waals surface area contributed by atoms with Gasteiger partial charge in [-0.15, -0.1) is 0 Å². The van der Waals surface area contributed by atoms with E-state index in [1.165, 1.54) is 50.3 Å². The van der Waals surface area contributed by atoms with E-state index in [1.807, 2.05) is 12.1 Å². The lowest BCUT2D eigenvalue weighted by Crippen LogP contribution is -2.35. The van der Waals surface area contributed by atoms with Crippen molar-refractivity contribution in [2.24, 2.45) is 0 Å². The monoisotopic (exact) mass is 284 g/mol. The number of carbonyl (C=O) groups is 1. The standard InChI is InChI=1S/C18H24N2O/c1-3-18(21)19(2)15-9-7-14(8-10-15)17-12-11-16-6-4-5-13-20(16)17/h3,7-10,16-17H,1,4-6,11-13H2,2H3. The fraction of sp³-hybridized carbons (Fsp3) is 0.500. The van der Waals surface area contributed by atoms with Gasteiger partial charge in [-0.1, -0.05) is 25.1 Å². The van der Waals surface area contributed by atoms with Gasteiger partial charge >= 0.3 is 0 Å². The van der Waals surface area contributed by atoms with Crippen LogP contribution in [-0.4, -0.2) is 30.4 Å². The van der Waals surface area contributed by atoms with Crippen molar-refractivity contribution in [3.05, 3.63) is 42.5 Å². The Hall–Kier alpha value is -1.61. The summed E-state index contributed by atoms with van der Waals surface area (Å²) in [4.78, 5) is 16.0. The molecule has 2 aliphatic rings. The van der Waals surface area contributed by atoms with Crippen LogP contribution >= 0.6 is 0 Å². The maximum atomic E-state index is 11.6. The number of anilines is 1. The Bertz CT molecular complexity index is 523. The van der Waals surface area contributed by atoms with E-state index < -0.39 is 0 Å². The zero-order valence-corrected chi connectivity index (χ0v) is 12.8. The van der Waals surface area contributed by atoms with E-state index in [1.54, 1.807) is 11.9 Å². The van der Waals surface area contributed by atoms with Crippen LogP contribution in [0, 0.1) is 0 Å². The van der Waals surface area contributed by atoms with Crippen molar-refractivity contribution in [1.82, 2.24) is 4.90 Å². The van der Waals surface area contributed by atoms with Crippen LogP contribution in [0.15, 0.2) is 36.9 Å². The maximum absolute atomic E-state index is 11.6.